The first-order chi connectivity index (χ1) is 9.58. The minimum Gasteiger partial charge on any atom is -0.334 e. The van der Waals surface area contributed by atoms with Crippen LogP contribution in [0.3, 0.4) is 0 Å². The Balaban J connectivity index is 1.92. The van der Waals surface area contributed by atoms with Crippen molar-refractivity contribution in [3.63, 3.8) is 0 Å². The third-order valence-corrected chi connectivity index (χ3v) is 3.48. The number of hydrogen-bond acceptors (Lipinski definition) is 3. The summed E-state index contributed by atoms with van der Waals surface area (Å²) < 4.78 is 0. The lowest BCUT2D eigenvalue weighted by molar-refractivity contribution is -0.145. The summed E-state index contributed by atoms with van der Waals surface area (Å²) >= 11 is 11.7. The predicted octanol–water partition coefficient (Wildman–Crippen LogP) is 2.07. The van der Waals surface area contributed by atoms with Gasteiger partial charge in [0.05, 0.1) is 11.2 Å². The van der Waals surface area contributed by atoms with Crippen molar-refractivity contribution in [2.45, 2.75) is 12.8 Å². The van der Waals surface area contributed by atoms with E-state index < -0.39 is 11.8 Å². The Morgan fingerprint density at radius 3 is 2.60 bits per heavy atom. The molecule has 0 aromatic heterocycles. The smallest absolute Gasteiger partial charge is 0.329 e. The first-order valence-corrected chi connectivity index (χ1v) is 6.91. The minimum absolute atomic E-state index is 0.418. The number of nitrogens with zero attached hydrogens (tertiary/aromatic N) is 2. The second-order valence-electron chi connectivity index (χ2n) is 4.36. The van der Waals surface area contributed by atoms with Gasteiger partial charge in [0.1, 0.15) is 0 Å². The molecule has 1 aliphatic rings. The van der Waals surface area contributed by atoms with Crippen molar-refractivity contribution in [3.05, 3.63) is 33.8 Å². The van der Waals surface area contributed by atoms with Gasteiger partial charge in [0.25, 0.3) is 0 Å². The largest absolute Gasteiger partial charge is 0.334 e. The molecule has 2 amide bonds. The molecule has 0 saturated carbocycles. The molecule has 1 N–H and O–H groups in total. The van der Waals surface area contributed by atoms with Crippen LogP contribution in [-0.4, -0.2) is 36.0 Å². The van der Waals surface area contributed by atoms with E-state index >= 15 is 0 Å². The summed E-state index contributed by atoms with van der Waals surface area (Å²) in [5, 5.41) is 4.66. The number of hydrogen-bond donors (Lipinski definition) is 1. The van der Waals surface area contributed by atoms with E-state index in [0.717, 1.165) is 12.8 Å². The molecule has 0 atom stereocenters. The zero-order chi connectivity index (χ0) is 14.5. The zero-order valence-electron chi connectivity index (χ0n) is 10.6. The normalized spacial score (nSPS) is 14.8. The molecular weight excluding hydrogens is 301 g/mol. The number of carbonyl (C=O) groups is 2. The van der Waals surface area contributed by atoms with Crippen molar-refractivity contribution < 1.29 is 9.59 Å². The maximum atomic E-state index is 11.7. The molecule has 2 rings (SSSR count). The van der Waals surface area contributed by atoms with Crippen molar-refractivity contribution in [2.24, 2.45) is 5.10 Å². The van der Waals surface area contributed by atoms with Crippen LogP contribution in [0, 0.1) is 0 Å². The lowest BCUT2D eigenvalue weighted by Gasteiger charge is -2.12. The molecule has 0 radical (unpaired) electrons. The summed E-state index contributed by atoms with van der Waals surface area (Å²) in [6.45, 7) is 1.25. The molecule has 0 aliphatic carbocycles. The summed E-state index contributed by atoms with van der Waals surface area (Å²) in [5.74, 6) is -1.30. The molecule has 0 spiro atoms. The van der Waals surface area contributed by atoms with Gasteiger partial charge >= 0.3 is 11.8 Å². The second-order valence-corrected chi connectivity index (χ2v) is 5.21. The molecule has 20 heavy (non-hydrogen) atoms. The van der Waals surface area contributed by atoms with Crippen LogP contribution in [0.1, 0.15) is 18.4 Å². The maximum absolute atomic E-state index is 11.7. The molecule has 1 saturated heterocycles. The van der Waals surface area contributed by atoms with E-state index in [1.54, 1.807) is 18.2 Å². The third kappa shape index (κ3) is 3.71. The Bertz CT molecular complexity index is 555. The number of halogens is 2. The number of carbonyl (C=O) groups excluding carboxylic acids is 2. The maximum Gasteiger partial charge on any atom is 0.329 e. The molecule has 0 unspecified atom stereocenters. The molecule has 106 valence electrons. The monoisotopic (exact) mass is 313 g/mol. The fourth-order valence-electron chi connectivity index (χ4n) is 1.88. The van der Waals surface area contributed by atoms with E-state index in [1.165, 1.54) is 11.1 Å². The highest BCUT2D eigenvalue weighted by atomic mass is 35.5. The Morgan fingerprint density at radius 1 is 1.25 bits per heavy atom. The van der Waals surface area contributed by atoms with Crippen molar-refractivity contribution in [1.82, 2.24) is 10.3 Å². The topological polar surface area (TPSA) is 61.8 Å². The summed E-state index contributed by atoms with van der Waals surface area (Å²) in [5.41, 5.74) is 2.80. The molecule has 1 fully saturated rings. The molecule has 1 heterocycles. The molecule has 0 bridgehead atoms. The predicted molar refractivity (Wildman–Crippen MR) is 78.0 cm³/mol. The first-order valence-electron chi connectivity index (χ1n) is 6.15. The molecule has 1 aliphatic heterocycles. The van der Waals surface area contributed by atoms with Gasteiger partial charge in [-0.3, -0.25) is 9.59 Å². The second kappa shape index (κ2) is 6.72. The number of rotatable bonds is 2. The molecule has 5 nitrogen and oxygen atoms in total. The van der Waals surface area contributed by atoms with Gasteiger partial charge in [-0.2, -0.15) is 5.10 Å². The van der Waals surface area contributed by atoms with Crippen molar-refractivity contribution >= 4 is 41.2 Å². The van der Waals surface area contributed by atoms with Crippen molar-refractivity contribution in [2.75, 3.05) is 13.1 Å². The Morgan fingerprint density at radius 2 is 1.95 bits per heavy atom. The van der Waals surface area contributed by atoms with Gasteiger partial charge in [-0.05, 0) is 25.0 Å². The van der Waals surface area contributed by atoms with Crippen LogP contribution in [0.5, 0.6) is 0 Å². The Kier molecular flexibility index (Phi) is 4.98. The molecular formula is C13H13Cl2N3O2. The average Bonchev–Trinajstić information content (AvgIpc) is 2.94. The van der Waals surface area contributed by atoms with Gasteiger partial charge in [0.15, 0.2) is 0 Å². The molecule has 1 aromatic rings. The van der Waals surface area contributed by atoms with E-state index in [2.05, 4.69) is 10.5 Å². The van der Waals surface area contributed by atoms with Crippen LogP contribution in [-0.2, 0) is 9.59 Å². The van der Waals surface area contributed by atoms with E-state index in [4.69, 9.17) is 23.2 Å². The van der Waals surface area contributed by atoms with Gasteiger partial charge in [-0.1, -0.05) is 29.3 Å². The van der Waals surface area contributed by atoms with Crippen molar-refractivity contribution in [1.29, 1.82) is 0 Å². The molecule has 7 heteroatoms. The SMILES string of the molecule is O=C(N/N=C/c1ccc(Cl)cc1Cl)C(=O)N1CCCC1. The van der Waals surface area contributed by atoms with E-state index in [9.17, 15) is 9.59 Å². The van der Waals surface area contributed by atoms with Crippen LogP contribution >= 0.6 is 23.2 Å². The van der Waals surface area contributed by atoms with Crippen LogP contribution in [0.2, 0.25) is 10.0 Å². The highest BCUT2D eigenvalue weighted by molar-refractivity contribution is 6.36. The van der Waals surface area contributed by atoms with Crippen LogP contribution in [0.4, 0.5) is 0 Å². The molecule has 1 aromatic carbocycles. The quantitative estimate of drug-likeness (QED) is 0.516. The number of hydrazone groups is 1. The Hall–Kier alpha value is -1.59. The summed E-state index contributed by atoms with van der Waals surface area (Å²) in [4.78, 5) is 24.8. The summed E-state index contributed by atoms with van der Waals surface area (Å²) in [6.07, 6.45) is 3.24. The third-order valence-electron chi connectivity index (χ3n) is 2.92. The zero-order valence-corrected chi connectivity index (χ0v) is 12.1. The van der Waals surface area contributed by atoms with Crippen LogP contribution < -0.4 is 5.43 Å². The first kappa shape index (κ1) is 14.8. The lowest BCUT2D eigenvalue weighted by atomic mass is 10.2. The van der Waals surface area contributed by atoms with E-state index in [1.807, 2.05) is 0 Å². The Labute approximate surface area is 126 Å². The van der Waals surface area contributed by atoms with Gasteiger partial charge in [-0.15, -0.1) is 0 Å². The van der Waals surface area contributed by atoms with Gasteiger partial charge in [0.2, 0.25) is 0 Å². The highest BCUT2D eigenvalue weighted by Gasteiger charge is 2.23. The fraction of sp³-hybridized carbons (Fsp3) is 0.308. The standard InChI is InChI=1S/C13H13Cl2N3O2/c14-10-4-3-9(11(15)7-10)8-16-17-12(19)13(20)18-5-1-2-6-18/h3-4,7-8H,1-2,5-6H2,(H,17,19)/b16-8+. The van der Waals surface area contributed by atoms with E-state index in [0.29, 0.717) is 28.7 Å². The highest BCUT2D eigenvalue weighted by Crippen LogP contribution is 2.19. The number of amides is 2. The van der Waals surface area contributed by atoms with Crippen molar-refractivity contribution in [3.8, 4) is 0 Å². The number of nitrogens with one attached hydrogen (secondary N) is 1. The number of likely N-dealkylation sites (tertiary alicyclic amines) is 1. The van der Waals surface area contributed by atoms with Crippen LogP contribution in [0.25, 0.3) is 0 Å². The lowest BCUT2D eigenvalue weighted by Crippen LogP contribution is -2.39. The van der Waals surface area contributed by atoms with Gasteiger partial charge < -0.3 is 4.90 Å². The van der Waals surface area contributed by atoms with Gasteiger partial charge in [-0.25, -0.2) is 5.43 Å². The number of benzene rings is 1. The van der Waals surface area contributed by atoms with Crippen LogP contribution in [0.15, 0.2) is 23.3 Å². The van der Waals surface area contributed by atoms with Gasteiger partial charge in [0, 0.05) is 23.7 Å². The fourth-order valence-corrected chi connectivity index (χ4v) is 2.34. The van der Waals surface area contributed by atoms with E-state index in [-0.39, 0.29) is 0 Å². The average molecular weight is 314 g/mol. The summed E-state index contributed by atoms with van der Waals surface area (Å²) in [7, 11) is 0. The summed E-state index contributed by atoms with van der Waals surface area (Å²) in [6, 6.07) is 4.90. The minimum atomic E-state index is -0.742.